The van der Waals surface area contributed by atoms with E-state index in [2.05, 4.69) is 6.92 Å². The highest BCUT2D eigenvalue weighted by atomic mass is 16.5. The fourth-order valence-corrected chi connectivity index (χ4v) is 2.09. The minimum absolute atomic E-state index is 0.154. The normalized spacial score (nSPS) is 33.3. The van der Waals surface area contributed by atoms with Crippen molar-refractivity contribution < 1.29 is 9.53 Å². The van der Waals surface area contributed by atoms with Crippen molar-refractivity contribution in [2.24, 2.45) is 11.7 Å². The lowest BCUT2D eigenvalue weighted by Crippen LogP contribution is -2.39. The van der Waals surface area contributed by atoms with Crippen LogP contribution in [0.5, 0.6) is 0 Å². The average molecular weight is 185 g/mol. The van der Waals surface area contributed by atoms with E-state index in [0.717, 1.165) is 19.3 Å². The lowest BCUT2D eigenvalue weighted by Gasteiger charge is -2.22. The number of ether oxygens (including phenoxy) is 1. The fraction of sp³-hybridized carbons (Fsp3) is 0.900. The van der Waals surface area contributed by atoms with E-state index in [1.165, 1.54) is 0 Å². The summed E-state index contributed by atoms with van der Waals surface area (Å²) in [6, 6.07) is 0. The first-order chi connectivity index (χ1) is 6.06. The summed E-state index contributed by atoms with van der Waals surface area (Å²) in [6.07, 6.45) is 3.42. The highest BCUT2D eigenvalue weighted by Gasteiger charge is 2.35. The zero-order chi connectivity index (χ0) is 9.90. The van der Waals surface area contributed by atoms with Crippen LogP contribution in [0.15, 0.2) is 0 Å². The highest BCUT2D eigenvalue weighted by molar-refractivity contribution is 5.70. The number of carbonyl (C=O) groups is 1. The predicted octanol–water partition coefficient (Wildman–Crippen LogP) is 1.46. The molecule has 13 heavy (non-hydrogen) atoms. The monoisotopic (exact) mass is 185 g/mol. The summed E-state index contributed by atoms with van der Waals surface area (Å²) in [4.78, 5) is 11.2. The second-order valence-corrected chi connectivity index (χ2v) is 4.19. The highest BCUT2D eigenvalue weighted by Crippen LogP contribution is 2.34. The summed E-state index contributed by atoms with van der Waals surface area (Å²) >= 11 is 0. The molecule has 0 radical (unpaired) electrons. The minimum atomic E-state index is -0.286. The summed E-state index contributed by atoms with van der Waals surface area (Å²) in [5, 5.41) is 0. The molecule has 1 rings (SSSR count). The Balaban J connectivity index is 2.39. The van der Waals surface area contributed by atoms with Crippen LogP contribution in [0.2, 0.25) is 0 Å². The molecule has 0 heterocycles. The van der Waals surface area contributed by atoms with Gasteiger partial charge in [0.2, 0.25) is 0 Å². The third-order valence-electron chi connectivity index (χ3n) is 2.69. The van der Waals surface area contributed by atoms with E-state index in [4.69, 9.17) is 10.5 Å². The molecule has 2 unspecified atom stereocenters. The minimum Gasteiger partial charge on any atom is -0.466 e. The van der Waals surface area contributed by atoms with Gasteiger partial charge in [-0.2, -0.15) is 0 Å². The summed E-state index contributed by atoms with van der Waals surface area (Å²) in [7, 11) is 0. The van der Waals surface area contributed by atoms with Crippen molar-refractivity contribution in [2.75, 3.05) is 6.61 Å². The van der Waals surface area contributed by atoms with E-state index in [9.17, 15) is 4.79 Å². The number of esters is 1. The molecular formula is C10H19NO2. The van der Waals surface area contributed by atoms with Gasteiger partial charge in [0.15, 0.2) is 0 Å². The zero-order valence-corrected chi connectivity index (χ0v) is 8.51. The Bertz CT molecular complexity index is 193. The Morgan fingerprint density at radius 2 is 2.38 bits per heavy atom. The van der Waals surface area contributed by atoms with E-state index < -0.39 is 0 Å². The standard InChI is InChI=1S/C10H19NO2/c1-3-13-9(12)7-10(11)5-4-8(2)6-10/h8H,3-7,11H2,1-2H3. The van der Waals surface area contributed by atoms with E-state index in [1.807, 2.05) is 6.92 Å². The number of rotatable bonds is 3. The lowest BCUT2D eigenvalue weighted by molar-refractivity contribution is -0.144. The molecule has 0 aliphatic heterocycles. The predicted molar refractivity (Wildman–Crippen MR) is 51.2 cm³/mol. The van der Waals surface area contributed by atoms with Gasteiger partial charge < -0.3 is 10.5 Å². The molecule has 0 aromatic carbocycles. The maximum atomic E-state index is 11.2. The molecule has 1 saturated carbocycles. The molecular weight excluding hydrogens is 166 g/mol. The summed E-state index contributed by atoms with van der Waals surface area (Å²) in [6.45, 7) is 4.45. The van der Waals surface area contributed by atoms with Gasteiger partial charge in [-0.05, 0) is 32.1 Å². The summed E-state index contributed by atoms with van der Waals surface area (Å²) < 4.78 is 4.89. The molecule has 0 saturated heterocycles. The van der Waals surface area contributed by atoms with E-state index in [0.29, 0.717) is 18.9 Å². The van der Waals surface area contributed by atoms with Crippen LogP contribution in [0.4, 0.5) is 0 Å². The number of hydrogen-bond acceptors (Lipinski definition) is 3. The lowest BCUT2D eigenvalue weighted by atomic mass is 9.94. The van der Waals surface area contributed by atoms with Gasteiger partial charge in [-0.3, -0.25) is 4.79 Å². The van der Waals surface area contributed by atoms with Crippen LogP contribution in [0.1, 0.15) is 39.5 Å². The van der Waals surface area contributed by atoms with Crippen molar-refractivity contribution in [3.63, 3.8) is 0 Å². The van der Waals surface area contributed by atoms with Gasteiger partial charge in [-0.25, -0.2) is 0 Å². The maximum absolute atomic E-state index is 11.2. The molecule has 3 heteroatoms. The Hall–Kier alpha value is -0.570. The molecule has 0 aromatic rings. The number of carbonyl (C=O) groups excluding carboxylic acids is 1. The second kappa shape index (κ2) is 4.09. The van der Waals surface area contributed by atoms with Crippen molar-refractivity contribution in [2.45, 2.75) is 45.1 Å². The van der Waals surface area contributed by atoms with Crippen LogP contribution >= 0.6 is 0 Å². The van der Waals surface area contributed by atoms with E-state index in [1.54, 1.807) is 0 Å². The SMILES string of the molecule is CCOC(=O)CC1(N)CCC(C)C1. The van der Waals surface area contributed by atoms with Crippen LogP contribution in [0.3, 0.4) is 0 Å². The van der Waals surface area contributed by atoms with Gasteiger partial charge in [-0.1, -0.05) is 6.92 Å². The Morgan fingerprint density at radius 3 is 2.85 bits per heavy atom. The van der Waals surface area contributed by atoms with Crippen molar-refractivity contribution >= 4 is 5.97 Å². The molecule has 0 amide bonds. The molecule has 76 valence electrons. The number of nitrogens with two attached hydrogens (primary N) is 1. The zero-order valence-electron chi connectivity index (χ0n) is 8.51. The van der Waals surface area contributed by atoms with Gasteiger partial charge in [0.1, 0.15) is 0 Å². The molecule has 1 aliphatic rings. The quantitative estimate of drug-likeness (QED) is 0.677. The van der Waals surface area contributed by atoms with Gasteiger partial charge in [0, 0.05) is 5.54 Å². The Labute approximate surface area is 79.6 Å². The second-order valence-electron chi connectivity index (χ2n) is 4.19. The first-order valence-electron chi connectivity index (χ1n) is 5.00. The van der Waals surface area contributed by atoms with Crippen molar-refractivity contribution in [1.29, 1.82) is 0 Å². The molecule has 2 N–H and O–H groups in total. The van der Waals surface area contributed by atoms with Gasteiger partial charge in [0.25, 0.3) is 0 Å². The molecule has 3 nitrogen and oxygen atoms in total. The molecule has 0 aromatic heterocycles. The summed E-state index contributed by atoms with van der Waals surface area (Å²) in [5.74, 6) is 0.499. The van der Waals surface area contributed by atoms with Crippen LogP contribution in [0, 0.1) is 5.92 Å². The Kier molecular flexibility index (Phi) is 3.31. The van der Waals surface area contributed by atoms with Gasteiger partial charge in [-0.15, -0.1) is 0 Å². The molecule has 0 bridgehead atoms. The van der Waals surface area contributed by atoms with Crippen LogP contribution < -0.4 is 5.73 Å². The Morgan fingerprint density at radius 1 is 1.69 bits per heavy atom. The third-order valence-corrected chi connectivity index (χ3v) is 2.69. The van der Waals surface area contributed by atoms with Crippen LogP contribution in [-0.4, -0.2) is 18.1 Å². The smallest absolute Gasteiger partial charge is 0.307 e. The first-order valence-corrected chi connectivity index (χ1v) is 5.00. The summed E-state index contributed by atoms with van der Waals surface area (Å²) in [5.41, 5.74) is 5.79. The van der Waals surface area contributed by atoms with Crippen molar-refractivity contribution in [1.82, 2.24) is 0 Å². The van der Waals surface area contributed by atoms with Crippen LogP contribution in [-0.2, 0) is 9.53 Å². The average Bonchev–Trinajstić information content (AvgIpc) is 2.30. The van der Waals surface area contributed by atoms with Crippen molar-refractivity contribution in [3.8, 4) is 0 Å². The van der Waals surface area contributed by atoms with Gasteiger partial charge >= 0.3 is 5.97 Å². The maximum Gasteiger partial charge on any atom is 0.307 e. The third kappa shape index (κ3) is 2.99. The van der Waals surface area contributed by atoms with E-state index >= 15 is 0 Å². The molecule has 0 spiro atoms. The van der Waals surface area contributed by atoms with E-state index in [-0.39, 0.29) is 11.5 Å². The van der Waals surface area contributed by atoms with Gasteiger partial charge in [0.05, 0.1) is 13.0 Å². The topological polar surface area (TPSA) is 52.3 Å². The largest absolute Gasteiger partial charge is 0.466 e. The number of hydrogen-bond donors (Lipinski definition) is 1. The molecule has 1 aliphatic carbocycles. The molecule has 2 atom stereocenters. The fourth-order valence-electron chi connectivity index (χ4n) is 2.09. The van der Waals surface area contributed by atoms with Crippen LogP contribution in [0.25, 0.3) is 0 Å². The first kappa shape index (κ1) is 10.5. The molecule has 1 fully saturated rings. The van der Waals surface area contributed by atoms with Crippen molar-refractivity contribution in [3.05, 3.63) is 0 Å².